The summed E-state index contributed by atoms with van der Waals surface area (Å²) in [5, 5.41) is 2.93. The molecule has 2 aliphatic rings. The van der Waals surface area contributed by atoms with Crippen LogP contribution in [0.15, 0.2) is 41.3 Å². The van der Waals surface area contributed by atoms with E-state index in [-0.39, 0.29) is 16.5 Å². The van der Waals surface area contributed by atoms with E-state index in [0.29, 0.717) is 23.4 Å². The summed E-state index contributed by atoms with van der Waals surface area (Å²) in [6.07, 6.45) is 5.94. The van der Waals surface area contributed by atoms with Crippen LogP contribution in [0.3, 0.4) is 0 Å². The van der Waals surface area contributed by atoms with E-state index in [1.54, 1.807) is 31.2 Å². The Bertz CT molecular complexity index is 1220. The second-order valence-electron chi connectivity index (χ2n) is 9.54. The van der Waals surface area contributed by atoms with Crippen molar-refractivity contribution < 1.29 is 18.0 Å². The molecule has 1 atom stereocenters. The monoisotopic (exact) mass is 498 g/mol. The van der Waals surface area contributed by atoms with Crippen molar-refractivity contribution in [3.05, 3.63) is 53.1 Å². The first kappa shape index (κ1) is 25.2. The molecule has 0 aromatic heterocycles. The van der Waals surface area contributed by atoms with E-state index in [1.807, 2.05) is 13.0 Å². The highest BCUT2D eigenvalue weighted by molar-refractivity contribution is 7.89. The minimum absolute atomic E-state index is 0.0732. The van der Waals surface area contributed by atoms with Gasteiger partial charge in [0.15, 0.2) is 0 Å². The number of hydrogen-bond acceptors (Lipinski definition) is 5. The maximum Gasteiger partial charge on any atom is 0.256 e. The maximum atomic E-state index is 13.4. The first-order valence-corrected chi connectivity index (χ1v) is 13.7. The Morgan fingerprint density at radius 2 is 1.69 bits per heavy atom. The zero-order chi connectivity index (χ0) is 25.2. The lowest BCUT2D eigenvalue weighted by Crippen LogP contribution is -2.42. The van der Waals surface area contributed by atoms with Gasteiger partial charge in [-0.3, -0.25) is 9.59 Å². The molecule has 3 N–H and O–H groups in total. The number of nitrogens with two attached hydrogens (primary N) is 1. The molecule has 1 unspecified atom stereocenters. The number of carbonyl (C=O) groups excluding carboxylic acids is 2. The highest BCUT2D eigenvalue weighted by atomic mass is 32.2. The van der Waals surface area contributed by atoms with Crippen LogP contribution in [0.5, 0.6) is 0 Å². The van der Waals surface area contributed by atoms with Crippen LogP contribution in [0.1, 0.15) is 71.7 Å². The number of aryl methyl sites for hydroxylation is 1. The van der Waals surface area contributed by atoms with Crippen LogP contribution in [0.25, 0.3) is 0 Å². The van der Waals surface area contributed by atoms with E-state index in [9.17, 15) is 18.0 Å². The highest BCUT2D eigenvalue weighted by Crippen LogP contribution is 2.31. The molecule has 9 heteroatoms. The Balaban J connectivity index is 1.66. The van der Waals surface area contributed by atoms with Crippen molar-refractivity contribution in [2.45, 2.75) is 63.3 Å². The van der Waals surface area contributed by atoms with Crippen LogP contribution in [0, 0.1) is 6.92 Å². The third kappa shape index (κ3) is 5.36. The number of primary amides is 1. The summed E-state index contributed by atoms with van der Waals surface area (Å²) in [5.74, 6) is -1.00. The van der Waals surface area contributed by atoms with Gasteiger partial charge < -0.3 is 16.0 Å². The fourth-order valence-corrected chi connectivity index (χ4v) is 6.69. The zero-order valence-electron chi connectivity index (χ0n) is 20.4. The lowest BCUT2D eigenvalue weighted by Gasteiger charge is -2.32. The van der Waals surface area contributed by atoms with Gasteiger partial charge in [-0.1, -0.05) is 12.5 Å². The van der Waals surface area contributed by atoms with Crippen molar-refractivity contribution in [3.8, 4) is 0 Å². The number of amides is 2. The Morgan fingerprint density at radius 1 is 0.971 bits per heavy atom. The largest absolute Gasteiger partial charge is 0.370 e. The second kappa shape index (κ2) is 10.4. The molecule has 0 radical (unpaired) electrons. The maximum absolute atomic E-state index is 13.4. The van der Waals surface area contributed by atoms with Gasteiger partial charge >= 0.3 is 0 Å². The molecule has 188 valence electrons. The van der Waals surface area contributed by atoms with Crippen LogP contribution in [-0.4, -0.2) is 50.2 Å². The van der Waals surface area contributed by atoms with E-state index < -0.39 is 21.8 Å². The van der Waals surface area contributed by atoms with E-state index in [4.69, 9.17) is 5.73 Å². The Labute approximate surface area is 207 Å². The van der Waals surface area contributed by atoms with E-state index in [1.165, 1.54) is 10.4 Å². The number of sulfonamides is 1. The number of hydrogen-bond donors (Lipinski definition) is 2. The van der Waals surface area contributed by atoms with Gasteiger partial charge in [-0.05, 0) is 81.8 Å². The van der Waals surface area contributed by atoms with Crippen LogP contribution in [0.4, 0.5) is 11.4 Å². The van der Waals surface area contributed by atoms with Crippen molar-refractivity contribution in [1.29, 1.82) is 0 Å². The minimum atomic E-state index is -3.72. The lowest BCUT2D eigenvalue weighted by atomic mass is 10.1. The number of piperidine rings is 2. The SMILES string of the molecule is Cc1ccc(S(=O)(=O)N2CCCCC2C)cc1C(=O)Nc1cc(C(N)=O)ccc1N1CCCCC1. The van der Waals surface area contributed by atoms with Gasteiger partial charge in [-0.15, -0.1) is 0 Å². The number of rotatable bonds is 6. The van der Waals surface area contributed by atoms with E-state index >= 15 is 0 Å². The lowest BCUT2D eigenvalue weighted by molar-refractivity contribution is 0.0996. The van der Waals surface area contributed by atoms with Crippen molar-refractivity contribution in [2.75, 3.05) is 29.9 Å². The van der Waals surface area contributed by atoms with Crippen LogP contribution in [0.2, 0.25) is 0 Å². The number of anilines is 2. The van der Waals surface area contributed by atoms with Crippen molar-refractivity contribution in [3.63, 3.8) is 0 Å². The molecule has 2 amide bonds. The molecule has 2 saturated heterocycles. The van der Waals surface area contributed by atoms with Crippen molar-refractivity contribution in [1.82, 2.24) is 4.31 Å². The Hall–Kier alpha value is -2.91. The third-order valence-corrected chi connectivity index (χ3v) is 9.04. The molecule has 2 aliphatic heterocycles. The van der Waals surface area contributed by atoms with Gasteiger partial charge in [0.05, 0.1) is 16.3 Å². The smallest absolute Gasteiger partial charge is 0.256 e. The van der Waals surface area contributed by atoms with E-state index in [2.05, 4.69) is 10.2 Å². The first-order valence-electron chi connectivity index (χ1n) is 12.3. The van der Waals surface area contributed by atoms with Crippen LogP contribution >= 0.6 is 0 Å². The summed E-state index contributed by atoms with van der Waals surface area (Å²) >= 11 is 0. The fraction of sp³-hybridized carbons (Fsp3) is 0.462. The fourth-order valence-electron chi connectivity index (χ4n) is 4.96. The molecular weight excluding hydrogens is 464 g/mol. The summed E-state index contributed by atoms with van der Waals surface area (Å²) in [7, 11) is -3.72. The summed E-state index contributed by atoms with van der Waals surface area (Å²) in [6, 6.07) is 9.69. The number of carbonyl (C=O) groups is 2. The van der Waals surface area contributed by atoms with Gasteiger partial charge in [-0.25, -0.2) is 8.42 Å². The average molecular weight is 499 g/mol. The molecule has 0 aliphatic carbocycles. The molecular formula is C26H34N4O4S. The summed E-state index contributed by atoms with van der Waals surface area (Å²) in [4.78, 5) is 27.5. The molecule has 8 nitrogen and oxygen atoms in total. The Morgan fingerprint density at radius 3 is 2.37 bits per heavy atom. The molecule has 2 aromatic carbocycles. The van der Waals surface area contributed by atoms with Crippen LogP contribution < -0.4 is 16.0 Å². The molecule has 2 aromatic rings. The van der Waals surface area contributed by atoms with Crippen molar-refractivity contribution in [2.24, 2.45) is 5.73 Å². The van der Waals surface area contributed by atoms with E-state index in [0.717, 1.165) is 57.3 Å². The summed E-state index contributed by atoms with van der Waals surface area (Å²) in [5.41, 5.74) is 8.05. The quantitative estimate of drug-likeness (QED) is 0.627. The molecule has 0 saturated carbocycles. The predicted octanol–water partition coefficient (Wildman–Crippen LogP) is 3.90. The van der Waals surface area contributed by atoms with Crippen molar-refractivity contribution >= 4 is 33.2 Å². The zero-order valence-corrected chi connectivity index (χ0v) is 21.2. The Kier molecular flexibility index (Phi) is 7.47. The highest BCUT2D eigenvalue weighted by Gasteiger charge is 2.31. The third-order valence-electron chi connectivity index (χ3n) is 7.03. The number of nitrogens with one attached hydrogen (secondary N) is 1. The standard InChI is InChI=1S/C26H34N4O4S/c1-18-9-11-21(35(33,34)30-15-7-4-8-19(30)2)17-22(18)26(32)28-23-16-20(25(27)31)10-12-24(23)29-13-5-3-6-14-29/h9-12,16-17,19H,3-8,13-15H2,1-2H3,(H2,27,31)(H,28,32). The average Bonchev–Trinajstić information content (AvgIpc) is 2.84. The van der Waals surface area contributed by atoms with Gasteiger partial charge in [-0.2, -0.15) is 4.31 Å². The van der Waals surface area contributed by atoms with Gasteiger partial charge in [0, 0.05) is 36.8 Å². The predicted molar refractivity (Wildman–Crippen MR) is 137 cm³/mol. The first-order chi connectivity index (χ1) is 16.7. The van der Waals surface area contributed by atoms with Gasteiger partial charge in [0.2, 0.25) is 15.9 Å². The number of nitrogens with zero attached hydrogens (tertiary/aromatic N) is 2. The molecule has 0 bridgehead atoms. The topological polar surface area (TPSA) is 113 Å². The second-order valence-corrected chi connectivity index (χ2v) is 11.4. The molecule has 0 spiro atoms. The molecule has 35 heavy (non-hydrogen) atoms. The number of benzene rings is 2. The van der Waals surface area contributed by atoms with Gasteiger partial charge in [0.25, 0.3) is 5.91 Å². The minimum Gasteiger partial charge on any atom is -0.370 e. The normalized spacial score (nSPS) is 19.4. The van der Waals surface area contributed by atoms with Gasteiger partial charge in [0.1, 0.15) is 0 Å². The van der Waals surface area contributed by atoms with Crippen LogP contribution in [-0.2, 0) is 10.0 Å². The molecule has 4 rings (SSSR count). The molecule has 2 fully saturated rings. The molecule has 2 heterocycles. The summed E-state index contributed by atoms with van der Waals surface area (Å²) < 4.78 is 28.3. The summed E-state index contributed by atoms with van der Waals surface area (Å²) in [6.45, 7) is 5.91.